The lowest BCUT2D eigenvalue weighted by atomic mass is 10.1. The molecule has 3 aromatic carbocycles. The van der Waals surface area contributed by atoms with Crippen LogP contribution in [0.1, 0.15) is 31.9 Å². The summed E-state index contributed by atoms with van der Waals surface area (Å²) in [7, 11) is 0. The van der Waals surface area contributed by atoms with E-state index < -0.39 is 35.7 Å². The summed E-state index contributed by atoms with van der Waals surface area (Å²) in [5.74, 6) is -2.12. The number of benzene rings is 3. The second-order valence-corrected chi connectivity index (χ2v) is 10.5. The molecule has 1 aliphatic heterocycles. The first-order chi connectivity index (χ1) is 17.9. The number of nitrogens with one attached hydrogen (secondary N) is 1. The van der Waals surface area contributed by atoms with Crippen molar-refractivity contribution in [2.24, 2.45) is 4.99 Å². The minimum absolute atomic E-state index is 0.0683. The number of hydrogen-bond donors (Lipinski definition) is 2. The Kier molecular flexibility index (Phi) is 7.82. The number of hydrogen-bond acceptors (Lipinski definition) is 7. The van der Waals surface area contributed by atoms with E-state index in [1.165, 1.54) is 18.2 Å². The molecule has 1 heterocycles. The molecule has 0 bridgehead atoms. The van der Waals surface area contributed by atoms with Crippen molar-refractivity contribution < 1.29 is 33.4 Å². The Balaban J connectivity index is 1.40. The summed E-state index contributed by atoms with van der Waals surface area (Å²) >= 11 is 1.12. The third-order valence-corrected chi connectivity index (χ3v) is 6.08. The Morgan fingerprint density at radius 2 is 1.82 bits per heavy atom. The van der Waals surface area contributed by atoms with Gasteiger partial charge in [0.2, 0.25) is 0 Å². The topological polar surface area (TPSA) is 114 Å². The van der Waals surface area contributed by atoms with E-state index in [0.29, 0.717) is 21.5 Å². The minimum Gasteiger partial charge on any atom is -0.482 e. The molecule has 38 heavy (non-hydrogen) atoms. The van der Waals surface area contributed by atoms with Crippen molar-refractivity contribution in [3.63, 3.8) is 0 Å². The molecular formula is C28H25FN2O6S. The summed E-state index contributed by atoms with van der Waals surface area (Å²) in [6.07, 6.45) is 1.30. The van der Waals surface area contributed by atoms with Crippen molar-refractivity contribution in [2.75, 3.05) is 11.9 Å². The smallest absolute Gasteiger partial charge is 0.344 e. The summed E-state index contributed by atoms with van der Waals surface area (Å²) < 4.78 is 25.0. The number of carboxylic acid groups (broad SMARTS) is 1. The van der Waals surface area contributed by atoms with Gasteiger partial charge in [0, 0.05) is 5.69 Å². The predicted molar refractivity (Wildman–Crippen MR) is 145 cm³/mol. The maximum absolute atomic E-state index is 14.2. The molecule has 0 spiro atoms. The molecule has 0 aromatic heterocycles. The highest BCUT2D eigenvalue weighted by Crippen LogP contribution is 2.31. The first-order valence-electron chi connectivity index (χ1n) is 11.6. The zero-order valence-electron chi connectivity index (χ0n) is 20.9. The third kappa shape index (κ3) is 7.19. The number of nitrogens with zero attached hydrogens (tertiary/aromatic N) is 1. The van der Waals surface area contributed by atoms with Gasteiger partial charge in [0.1, 0.15) is 17.2 Å². The standard InChI is InChI=1S/C28H25FN2O6S/c1-28(2,3)37-25(34)15-36-21-9-7-17-10-16(4-5-18(17)12-21)11-23-26(35)31-27(38-23)30-20-8-6-19(13-24(32)33)22(29)14-20/h4-12,14H,13,15H2,1-3H3,(H,32,33)(H,30,31,35)/b23-11+. The Morgan fingerprint density at radius 3 is 2.53 bits per heavy atom. The first kappa shape index (κ1) is 26.9. The average Bonchev–Trinajstić information content (AvgIpc) is 3.16. The van der Waals surface area contributed by atoms with Gasteiger partial charge in [-0.2, -0.15) is 4.99 Å². The van der Waals surface area contributed by atoms with Gasteiger partial charge in [-0.05, 0) is 90.8 Å². The molecule has 2 N–H and O–H groups in total. The largest absolute Gasteiger partial charge is 0.482 e. The van der Waals surface area contributed by atoms with Crippen molar-refractivity contribution in [3.8, 4) is 5.75 Å². The summed E-state index contributed by atoms with van der Waals surface area (Å²) in [5.41, 5.74) is 0.630. The zero-order chi connectivity index (χ0) is 27.4. The zero-order valence-corrected chi connectivity index (χ0v) is 21.7. The van der Waals surface area contributed by atoms with Crippen molar-refractivity contribution in [1.29, 1.82) is 0 Å². The molecule has 8 nitrogen and oxygen atoms in total. The molecule has 4 rings (SSSR count). The minimum atomic E-state index is -1.12. The number of carbonyl (C=O) groups is 3. The maximum atomic E-state index is 14.2. The SMILES string of the molecule is CC(C)(C)OC(=O)COc1ccc2cc(/C=C3/SC(Nc4ccc(CC(=O)O)c(F)c4)=NC3=O)ccc2c1. The van der Waals surface area contributed by atoms with Crippen LogP contribution in [0.25, 0.3) is 16.8 Å². The van der Waals surface area contributed by atoms with Gasteiger partial charge in [0.15, 0.2) is 11.8 Å². The molecule has 10 heteroatoms. The highest BCUT2D eigenvalue weighted by molar-refractivity contribution is 8.18. The summed E-state index contributed by atoms with van der Waals surface area (Å²) in [4.78, 5) is 39.5. The van der Waals surface area contributed by atoms with Gasteiger partial charge in [-0.3, -0.25) is 9.59 Å². The van der Waals surface area contributed by atoms with Crippen LogP contribution in [0, 0.1) is 5.82 Å². The number of ether oxygens (including phenoxy) is 2. The third-order valence-electron chi connectivity index (χ3n) is 5.18. The quantitative estimate of drug-likeness (QED) is 0.304. The lowest BCUT2D eigenvalue weighted by Gasteiger charge is -2.19. The maximum Gasteiger partial charge on any atom is 0.344 e. The fourth-order valence-corrected chi connectivity index (χ4v) is 4.44. The van der Waals surface area contributed by atoms with Crippen molar-refractivity contribution in [1.82, 2.24) is 0 Å². The lowest BCUT2D eigenvalue weighted by molar-refractivity contribution is -0.157. The van der Waals surface area contributed by atoms with E-state index in [9.17, 15) is 18.8 Å². The van der Waals surface area contributed by atoms with Crippen LogP contribution in [-0.4, -0.2) is 40.3 Å². The van der Waals surface area contributed by atoms with Gasteiger partial charge in [0.05, 0.1) is 11.3 Å². The molecule has 0 fully saturated rings. The van der Waals surface area contributed by atoms with Crippen LogP contribution in [-0.2, 0) is 25.5 Å². The number of carboxylic acids is 1. The van der Waals surface area contributed by atoms with Gasteiger partial charge < -0.3 is 19.9 Å². The van der Waals surface area contributed by atoms with Gasteiger partial charge in [0.25, 0.3) is 5.91 Å². The number of amides is 1. The number of rotatable bonds is 7. The van der Waals surface area contributed by atoms with Crippen LogP contribution in [0.3, 0.4) is 0 Å². The molecule has 1 amide bonds. The van der Waals surface area contributed by atoms with Crippen molar-refractivity contribution in [2.45, 2.75) is 32.8 Å². The van der Waals surface area contributed by atoms with E-state index in [-0.39, 0.29) is 12.2 Å². The number of amidine groups is 1. The second kappa shape index (κ2) is 11.1. The van der Waals surface area contributed by atoms with Crippen LogP contribution < -0.4 is 10.1 Å². The summed E-state index contributed by atoms with van der Waals surface area (Å²) in [6, 6.07) is 15.2. The van der Waals surface area contributed by atoms with E-state index in [4.69, 9.17) is 14.6 Å². The predicted octanol–water partition coefficient (Wildman–Crippen LogP) is 5.41. The van der Waals surface area contributed by atoms with Crippen LogP contribution in [0.4, 0.5) is 10.1 Å². The Bertz CT molecular complexity index is 1490. The fourth-order valence-electron chi connectivity index (χ4n) is 3.60. The highest BCUT2D eigenvalue weighted by atomic mass is 32.2. The molecular weight excluding hydrogens is 511 g/mol. The van der Waals surface area contributed by atoms with E-state index in [0.717, 1.165) is 28.1 Å². The summed E-state index contributed by atoms with van der Waals surface area (Å²) in [5, 5.41) is 13.8. The van der Waals surface area contributed by atoms with E-state index in [1.54, 1.807) is 32.9 Å². The number of carbonyl (C=O) groups excluding carboxylic acids is 2. The number of esters is 1. The Morgan fingerprint density at radius 1 is 1.08 bits per heavy atom. The Labute approximate surface area is 222 Å². The monoisotopic (exact) mass is 536 g/mol. The van der Waals surface area contributed by atoms with Crippen LogP contribution in [0.15, 0.2) is 64.5 Å². The molecule has 0 unspecified atom stereocenters. The van der Waals surface area contributed by atoms with Gasteiger partial charge in [-0.25, -0.2) is 9.18 Å². The van der Waals surface area contributed by atoms with Crippen LogP contribution in [0.5, 0.6) is 5.75 Å². The lowest BCUT2D eigenvalue weighted by Crippen LogP contribution is -2.27. The normalized spacial score (nSPS) is 14.5. The van der Waals surface area contributed by atoms with E-state index in [1.807, 2.05) is 30.3 Å². The molecule has 0 saturated heterocycles. The molecule has 0 saturated carbocycles. The number of fused-ring (bicyclic) bond motifs is 1. The number of aliphatic carboxylic acids is 1. The van der Waals surface area contributed by atoms with E-state index in [2.05, 4.69) is 10.3 Å². The van der Waals surface area contributed by atoms with Gasteiger partial charge >= 0.3 is 11.9 Å². The molecule has 196 valence electrons. The van der Waals surface area contributed by atoms with E-state index >= 15 is 0 Å². The molecule has 1 aliphatic rings. The van der Waals surface area contributed by atoms with Gasteiger partial charge in [-0.15, -0.1) is 0 Å². The second-order valence-electron chi connectivity index (χ2n) is 9.48. The van der Waals surface area contributed by atoms with Crippen LogP contribution in [0.2, 0.25) is 0 Å². The Hall–Kier alpha value is -4.18. The fraction of sp³-hybridized carbons (Fsp3) is 0.214. The number of halogens is 1. The molecule has 0 atom stereocenters. The molecule has 0 aliphatic carbocycles. The van der Waals surface area contributed by atoms with Crippen molar-refractivity contribution >= 4 is 57.3 Å². The highest BCUT2D eigenvalue weighted by Gasteiger charge is 2.22. The van der Waals surface area contributed by atoms with Gasteiger partial charge in [-0.1, -0.05) is 24.3 Å². The van der Waals surface area contributed by atoms with Crippen molar-refractivity contribution in [3.05, 3.63) is 76.4 Å². The number of aliphatic imine (C=N–C) groups is 1. The number of anilines is 1. The molecule has 3 aromatic rings. The summed E-state index contributed by atoms with van der Waals surface area (Å²) in [6.45, 7) is 5.18. The van der Waals surface area contributed by atoms with Crippen LogP contribution >= 0.6 is 11.8 Å². The molecule has 0 radical (unpaired) electrons. The number of thioether (sulfide) groups is 1. The first-order valence-corrected chi connectivity index (χ1v) is 12.5. The average molecular weight is 537 g/mol.